The second-order valence-corrected chi connectivity index (χ2v) is 6.30. The van der Waals surface area contributed by atoms with E-state index in [1.807, 2.05) is 6.07 Å². The van der Waals surface area contributed by atoms with Gasteiger partial charge in [-0.15, -0.1) is 11.3 Å². The van der Waals surface area contributed by atoms with Gasteiger partial charge in [0.15, 0.2) is 0 Å². The zero-order valence-corrected chi connectivity index (χ0v) is 11.6. The third-order valence-corrected chi connectivity index (χ3v) is 3.73. The van der Waals surface area contributed by atoms with Crippen molar-refractivity contribution in [3.8, 4) is 0 Å². The van der Waals surface area contributed by atoms with Gasteiger partial charge in [0, 0.05) is 11.6 Å². The first-order chi connectivity index (χ1) is 7.04. The number of hydrogen-bond acceptors (Lipinski definition) is 2. The van der Waals surface area contributed by atoms with Crippen molar-refractivity contribution >= 4 is 34.5 Å². The minimum absolute atomic E-state index is 0.325. The van der Waals surface area contributed by atoms with Gasteiger partial charge in [-0.3, -0.25) is 0 Å². The summed E-state index contributed by atoms with van der Waals surface area (Å²) in [5, 5.41) is 3.45. The summed E-state index contributed by atoms with van der Waals surface area (Å²) in [6.07, 6.45) is 1.08. The van der Waals surface area contributed by atoms with Crippen molar-refractivity contribution in [2.45, 2.75) is 33.2 Å². The Labute approximate surface area is 106 Å². The summed E-state index contributed by atoms with van der Waals surface area (Å²) in [7, 11) is 0. The highest BCUT2D eigenvalue weighted by Gasteiger charge is 2.17. The van der Waals surface area contributed by atoms with Crippen LogP contribution in [0.1, 0.15) is 38.8 Å². The molecule has 0 bridgehead atoms. The lowest BCUT2D eigenvalue weighted by molar-refractivity contribution is 0.439. The maximum Gasteiger partial charge on any atom is 0.0991 e. The van der Waals surface area contributed by atoms with E-state index in [9.17, 15) is 0 Å². The molecule has 0 radical (unpaired) electrons. The molecule has 1 aromatic rings. The molecular formula is C11H17Cl2NS. The SMILES string of the molecule is CCNC(CC(C)C)c1cc(Cl)sc1Cl. The van der Waals surface area contributed by atoms with Crippen LogP contribution in [-0.4, -0.2) is 6.54 Å². The van der Waals surface area contributed by atoms with Crippen LogP contribution in [0.3, 0.4) is 0 Å². The summed E-state index contributed by atoms with van der Waals surface area (Å²) in [5.41, 5.74) is 1.14. The predicted octanol–water partition coefficient (Wildman–Crippen LogP) is 4.75. The molecule has 1 unspecified atom stereocenters. The van der Waals surface area contributed by atoms with E-state index in [1.54, 1.807) is 0 Å². The molecule has 86 valence electrons. The molecule has 0 amide bonds. The van der Waals surface area contributed by atoms with E-state index in [0.29, 0.717) is 12.0 Å². The van der Waals surface area contributed by atoms with Crippen LogP contribution >= 0.6 is 34.5 Å². The summed E-state index contributed by atoms with van der Waals surface area (Å²) in [6.45, 7) is 7.48. The Morgan fingerprint density at radius 1 is 1.40 bits per heavy atom. The van der Waals surface area contributed by atoms with Crippen molar-refractivity contribution in [3.63, 3.8) is 0 Å². The van der Waals surface area contributed by atoms with Gasteiger partial charge in [0.2, 0.25) is 0 Å². The van der Waals surface area contributed by atoms with Crippen LogP contribution in [0, 0.1) is 5.92 Å². The number of hydrogen-bond donors (Lipinski definition) is 1. The first-order valence-corrected chi connectivity index (χ1v) is 6.80. The van der Waals surface area contributed by atoms with Gasteiger partial charge in [-0.1, -0.05) is 44.0 Å². The molecule has 0 aliphatic carbocycles. The quantitative estimate of drug-likeness (QED) is 0.810. The number of halogens is 2. The fourth-order valence-corrected chi connectivity index (χ4v) is 3.21. The second-order valence-electron chi connectivity index (χ2n) is 4.02. The predicted molar refractivity (Wildman–Crippen MR) is 70.2 cm³/mol. The van der Waals surface area contributed by atoms with Crippen LogP contribution in [0.5, 0.6) is 0 Å². The standard InChI is InChI=1S/C11H17Cl2NS/c1-4-14-9(5-7(2)3)8-6-10(12)15-11(8)13/h6-7,9,14H,4-5H2,1-3H3. The van der Waals surface area contributed by atoms with Crippen molar-refractivity contribution < 1.29 is 0 Å². The van der Waals surface area contributed by atoms with Crippen molar-refractivity contribution in [1.29, 1.82) is 0 Å². The van der Waals surface area contributed by atoms with Crippen LogP contribution in [0.25, 0.3) is 0 Å². The Bertz CT molecular complexity index is 310. The lowest BCUT2D eigenvalue weighted by atomic mass is 9.99. The van der Waals surface area contributed by atoms with Crippen molar-refractivity contribution in [2.75, 3.05) is 6.54 Å². The molecule has 1 rings (SSSR count). The Balaban J connectivity index is 2.83. The van der Waals surface area contributed by atoms with E-state index in [2.05, 4.69) is 26.1 Å². The van der Waals surface area contributed by atoms with E-state index in [1.165, 1.54) is 11.3 Å². The summed E-state index contributed by atoms with van der Waals surface area (Å²) in [5.74, 6) is 0.642. The molecule has 1 atom stereocenters. The van der Waals surface area contributed by atoms with E-state index in [-0.39, 0.29) is 0 Å². The Morgan fingerprint density at radius 2 is 2.07 bits per heavy atom. The molecule has 0 aromatic carbocycles. The summed E-state index contributed by atoms with van der Waals surface area (Å²) in [6, 6.07) is 2.30. The molecule has 1 N–H and O–H groups in total. The first-order valence-electron chi connectivity index (χ1n) is 5.22. The highest BCUT2D eigenvalue weighted by Crippen LogP contribution is 2.36. The molecule has 0 fully saturated rings. The average Bonchev–Trinajstić information content (AvgIpc) is 2.44. The van der Waals surface area contributed by atoms with Crippen LogP contribution in [0.15, 0.2) is 6.07 Å². The van der Waals surface area contributed by atoms with Gasteiger partial charge in [-0.05, 0) is 24.9 Å². The number of nitrogens with one attached hydrogen (secondary N) is 1. The van der Waals surface area contributed by atoms with Gasteiger partial charge in [0.1, 0.15) is 0 Å². The normalized spacial score (nSPS) is 13.5. The van der Waals surface area contributed by atoms with E-state index >= 15 is 0 Å². The Hall–Kier alpha value is 0.240. The Kier molecular flexibility index (Phi) is 5.41. The van der Waals surface area contributed by atoms with Gasteiger partial charge in [-0.2, -0.15) is 0 Å². The first kappa shape index (κ1) is 13.3. The molecule has 1 aromatic heterocycles. The molecule has 15 heavy (non-hydrogen) atoms. The third-order valence-electron chi connectivity index (χ3n) is 2.22. The van der Waals surface area contributed by atoms with Gasteiger partial charge in [0.05, 0.1) is 8.67 Å². The smallest absolute Gasteiger partial charge is 0.0991 e. The van der Waals surface area contributed by atoms with E-state index in [4.69, 9.17) is 23.2 Å². The molecule has 0 aliphatic heterocycles. The largest absolute Gasteiger partial charge is 0.310 e. The van der Waals surface area contributed by atoms with Gasteiger partial charge in [0.25, 0.3) is 0 Å². The van der Waals surface area contributed by atoms with Crippen LogP contribution in [-0.2, 0) is 0 Å². The summed E-state index contributed by atoms with van der Waals surface area (Å²) < 4.78 is 1.58. The highest BCUT2D eigenvalue weighted by molar-refractivity contribution is 7.20. The maximum atomic E-state index is 6.15. The molecule has 1 heterocycles. The maximum absolute atomic E-state index is 6.15. The van der Waals surface area contributed by atoms with Gasteiger partial charge < -0.3 is 5.32 Å². The van der Waals surface area contributed by atoms with Gasteiger partial charge in [-0.25, -0.2) is 0 Å². The topological polar surface area (TPSA) is 12.0 Å². The van der Waals surface area contributed by atoms with Crippen molar-refractivity contribution in [1.82, 2.24) is 5.32 Å². The average molecular weight is 266 g/mol. The molecule has 0 spiro atoms. The second kappa shape index (κ2) is 6.09. The number of rotatable bonds is 5. The molecule has 0 saturated carbocycles. The number of thiophene rings is 1. The zero-order valence-electron chi connectivity index (χ0n) is 9.31. The van der Waals surface area contributed by atoms with Crippen LogP contribution < -0.4 is 5.32 Å². The lowest BCUT2D eigenvalue weighted by Crippen LogP contribution is -2.22. The molecule has 0 aliphatic rings. The molecule has 0 saturated heterocycles. The summed E-state index contributed by atoms with van der Waals surface area (Å²) >= 11 is 13.5. The van der Waals surface area contributed by atoms with Crippen molar-refractivity contribution in [2.24, 2.45) is 5.92 Å². The van der Waals surface area contributed by atoms with E-state index < -0.39 is 0 Å². The molecular weight excluding hydrogens is 249 g/mol. The van der Waals surface area contributed by atoms with Crippen LogP contribution in [0.2, 0.25) is 8.67 Å². The third kappa shape index (κ3) is 3.95. The lowest BCUT2D eigenvalue weighted by Gasteiger charge is -2.19. The fourth-order valence-electron chi connectivity index (χ4n) is 1.63. The zero-order chi connectivity index (χ0) is 11.4. The molecule has 1 nitrogen and oxygen atoms in total. The minimum atomic E-state index is 0.325. The monoisotopic (exact) mass is 265 g/mol. The van der Waals surface area contributed by atoms with Gasteiger partial charge >= 0.3 is 0 Å². The Morgan fingerprint density at radius 3 is 2.47 bits per heavy atom. The fraction of sp³-hybridized carbons (Fsp3) is 0.636. The van der Waals surface area contributed by atoms with E-state index in [0.717, 1.165) is 27.2 Å². The van der Waals surface area contributed by atoms with Crippen molar-refractivity contribution in [3.05, 3.63) is 20.3 Å². The highest BCUT2D eigenvalue weighted by atomic mass is 35.5. The molecule has 4 heteroatoms. The van der Waals surface area contributed by atoms with Crippen LogP contribution in [0.4, 0.5) is 0 Å². The minimum Gasteiger partial charge on any atom is -0.310 e. The summed E-state index contributed by atoms with van der Waals surface area (Å²) in [4.78, 5) is 0.